The molecule has 6 nitrogen and oxygen atoms in total. The third kappa shape index (κ3) is 2.17. The summed E-state index contributed by atoms with van der Waals surface area (Å²) in [5.74, 6) is 0.645. The minimum Gasteiger partial charge on any atom is -0.489 e. The minimum atomic E-state index is -0.0249. The second-order valence-corrected chi connectivity index (χ2v) is 3.30. The van der Waals surface area contributed by atoms with Crippen LogP contribution in [0.1, 0.15) is 5.56 Å². The molecule has 0 aliphatic carbocycles. The maximum atomic E-state index is 8.73. The molecule has 0 fully saturated rings. The lowest BCUT2D eigenvalue weighted by molar-refractivity contribution is 0.201. The number of tetrazole rings is 1. The normalized spacial score (nSPS) is 10.4. The fourth-order valence-corrected chi connectivity index (χ4v) is 1.36. The molecular weight excluding hydrogens is 208 g/mol. The van der Waals surface area contributed by atoms with Crippen LogP contribution in [0.4, 0.5) is 0 Å². The second-order valence-electron chi connectivity index (χ2n) is 3.30. The first kappa shape index (κ1) is 10.6. The van der Waals surface area contributed by atoms with Crippen LogP contribution in [0.2, 0.25) is 0 Å². The largest absolute Gasteiger partial charge is 0.489 e. The minimum absolute atomic E-state index is 0.0249. The Morgan fingerprint density at radius 2 is 2.31 bits per heavy atom. The van der Waals surface area contributed by atoms with E-state index >= 15 is 0 Å². The Balaban J connectivity index is 2.37. The van der Waals surface area contributed by atoms with E-state index in [2.05, 4.69) is 15.5 Å². The van der Waals surface area contributed by atoms with Crippen molar-refractivity contribution in [3.05, 3.63) is 30.1 Å². The Morgan fingerprint density at radius 3 is 3.00 bits per heavy atom. The number of aliphatic hydroxyl groups is 1. The molecule has 0 aliphatic heterocycles. The lowest BCUT2D eigenvalue weighted by Gasteiger charge is -2.10. The van der Waals surface area contributed by atoms with Gasteiger partial charge in [-0.3, -0.25) is 0 Å². The van der Waals surface area contributed by atoms with Crippen LogP contribution in [0.15, 0.2) is 24.5 Å². The molecule has 0 atom stereocenters. The van der Waals surface area contributed by atoms with Gasteiger partial charge < -0.3 is 9.84 Å². The van der Waals surface area contributed by atoms with E-state index in [1.54, 1.807) is 0 Å². The van der Waals surface area contributed by atoms with E-state index in [-0.39, 0.29) is 13.2 Å². The van der Waals surface area contributed by atoms with Gasteiger partial charge in [0.15, 0.2) is 0 Å². The summed E-state index contributed by atoms with van der Waals surface area (Å²) in [4.78, 5) is 0. The van der Waals surface area contributed by atoms with Crippen molar-refractivity contribution in [3.63, 3.8) is 0 Å². The van der Waals surface area contributed by atoms with Crippen molar-refractivity contribution in [2.75, 3.05) is 13.2 Å². The number of hydrogen-bond acceptors (Lipinski definition) is 5. The fourth-order valence-electron chi connectivity index (χ4n) is 1.36. The van der Waals surface area contributed by atoms with Gasteiger partial charge in [-0.15, -0.1) is 5.10 Å². The monoisotopic (exact) mass is 220 g/mol. The van der Waals surface area contributed by atoms with Gasteiger partial charge in [-0.05, 0) is 35.0 Å². The first-order valence-electron chi connectivity index (χ1n) is 4.89. The number of aliphatic hydroxyl groups excluding tert-OH is 1. The van der Waals surface area contributed by atoms with Crippen molar-refractivity contribution in [2.24, 2.45) is 0 Å². The van der Waals surface area contributed by atoms with E-state index in [0.717, 1.165) is 11.3 Å². The Labute approximate surface area is 92.5 Å². The van der Waals surface area contributed by atoms with Crippen molar-refractivity contribution >= 4 is 0 Å². The quantitative estimate of drug-likeness (QED) is 0.804. The maximum Gasteiger partial charge on any atom is 0.145 e. The van der Waals surface area contributed by atoms with Crippen LogP contribution in [0, 0.1) is 6.92 Å². The van der Waals surface area contributed by atoms with E-state index in [1.165, 1.54) is 11.0 Å². The van der Waals surface area contributed by atoms with Crippen LogP contribution in [-0.2, 0) is 0 Å². The van der Waals surface area contributed by atoms with Gasteiger partial charge in [-0.25, -0.2) is 0 Å². The molecule has 0 saturated carbocycles. The average Bonchev–Trinajstić information content (AvgIpc) is 2.80. The van der Waals surface area contributed by atoms with Crippen molar-refractivity contribution in [2.45, 2.75) is 6.92 Å². The summed E-state index contributed by atoms with van der Waals surface area (Å²) in [5.41, 5.74) is 1.85. The van der Waals surface area contributed by atoms with Gasteiger partial charge in [-0.2, -0.15) is 4.68 Å². The predicted molar refractivity (Wildman–Crippen MR) is 56.5 cm³/mol. The van der Waals surface area contributed by atoms with Gasteiger partial charge in [0.2, 0.25) is 0 Å². The molecule has 16 heavy (non-hydrogen) atoms. The van der Waals surface area contributed by atoms with E-state index < -0.39 is 0 Å². The molecule has 0 amide bonds. The standard InChI is InChI=1S/C10H12N4O2/c1-8-2-3-10(16-5-4-15)9(6-8)14-7-11-12-13-14/h2-3,6-7,15H,4-5H2,1H3. The third-order valence-corrected chi connectivity index (χ3v) is 2.06. The zero-order valence-corrected chi connectivity index (χ0v) is 8.87. The van der Waals surface area contributed by atoms with Gasteiger partial charge in [0, 0.05) is 0 Å². The highest BCUT2D eigenvalue weighted by Gasteiger charge is 2.07. The molecule has 0 aliphatic rings. The van der Waals surface area contributed by atoms with Crippen LogP contribution in [-0.4, -0.2) is 38.5 Å². The number of ether oxygens (including phenoxy) is 1. The second kappa shape index (κ2) is 4.71. The van der Waals surface area contributed by atoms with Crippen LogP contribution >= 0.6 is 0 Å². The summed E-state index contributed by atoms with van der Waals surface area (Å²) in [6.07, 6.45) is 1.50. The molecule has 1 heterocycles. The van der Waals surface area contributed by atoms with E-state index in [4.69, 9.17) is 9.84 Å². The summed E-state index contributed by atoms with van der Waals surface area (Å²) >= 11 is 0. The molecule has 2 aromatic rings. The summed E-state index contributed by atoms with van der Waals surface area (Å²) in [6, 6.07) is 5.69. The number of nitrogens with zero attached hydrogens (tertiary/aromatic N) is 4. The van der Waals surface area contributed by atoms with Crippen molar-refractivity contribution < 1.29 is 9.84 Å². The lowest BCUT2D eigenvalue weighted by Crippen LogP contribution is -2.06. The van der Waals surface area contributed by atoms with Crippen LogP contribution < -0.4 is 4.74 Å². The zero-order chi connectivity index (χ0) is 11.4. The first-order valence-corrected chi connectivity index (χ1v) is 4.89. The predicted octanol–water partition coefficient (Wildman–Crippen LogP) is 0.342. The molecule has 0 saturated heterocycles. The molecule has 1 aromatic carbocycles. The van der Waals surface area contributed by atoms with Crippen molar-refractivity contribution in [3.8, 4) is 11.4 Å². The summed E-state index contributed by atoms with van der Waals surface area (Å²) in [5, 5.41) is 19.7. The smallest absolute Gasteiger partial charge is 0.145 e. The average molecular weight is 220 g/mol. The van der Waals surface area contributed by atoms with Crippen LogP contribution in [0.25, 0.3) is 5.69 Å². The molecule has 0 bridgehead atoms. The van der Waals surface area contributed by atoms with E-state index in [9.17, 15) is 0 Å². The van der Waals surface area contributed by atoms with Crippen LogP contribution in [0.5, 0.6) is 5.75 Å². The zero-order valence-electron chi connectivity index (χ0n) is 8.87. The number of aromatic nitrogens is 4. The van der Waals surface area contributed by atoms with Gasteiger partial charge in [0.25, 0.3) is 0 Å². The van der Waals surface area contributed by atoms with Crippen molar-refractivity contribution in [1.29, 1.82) is 0 Å². The van der Waals surface area contributed by atoms with E-state index in [1.807, 2.05) is 25.1 Å². The van der Waals surface area contributed by atoms with Crippen LogP contribution in [0.3, 0.4) is 0 Å². The molecule has 6 heteroatoms. The molecule has 0 spiro atoms. The lowest BCUT2D eigenvalue weighted by atomic mass is 10.2. The molecule has 1 N–H and O–H groups in total. The molecule has 0 unspecified atom stereocenters. The Kier molecular flexibility index (Phi) is 3.11. The van der Waals surface area contributed by atoms with E-state index in [0.29, 0.717) is 5.75 Å². The Morgan fingerprint density at radius 1 is 1.44 bits per heavy atom. The molecule has 1 aromatic heterocycles. The Bertz CT molecular complexity index is 456. The number of benzene rings is 1. The van der Waals surface area contributed by atoms with Gasteiger partial charge in [0.1, 0.15) is 24.4 Å². The van der Waals surface area contributed by atoms with Gasteiger partial charge in [-0.1, -0.05) is 6.07 Å². The highest BCUT2D eigenvalue weighted by atomic mass is 16.5. The summed E-state index contributed by atoms with van der Waals surface area (Å²) in [6.45, 7) is 2.20. The fraction of sp³-hybridized carbons (Fsp3) is 0.300. The number of aryl methyl sites for hydroxylation is 1. The number of rotatable bonds is 4. The number of hydrogen-bond donors (Lipinski definition) is 1. The summed E-state index contributed by atoms with van der Waals surface area (Å²) in [7, 11) is 0. The summed E-state index contributed by atoms with van der Waals surface area (Å²) < 4.78 is 6.93. The topological polar surface area (TPSA) is 73.1 Å². The molecule has 0 radical (unpaired) electrons. The Hall–Kier alpha value is -1.95. The highest BCUT2D eigenvalue weighted by Crippen LogP contribution is 2.22. The SMILES string of the molecule is Cc1ccc(OCCO)c(-n2cnnn2)c1. The van der Waals surface area contributed by atoms with Gasteiger partial charge >= 0.3 is 0 Å². The van der Waals surface area contributed by atoms with Crippen molar-refractivity contribution in [1.82, 2.24) is 20.2 Å². The molecule has 2 rings (SSSR count). The maximum absolute atomic E-state index is 8.73. The molecule has 84 valence electrons. The molecular formula is C10H12N4O2. The first-order chi connectivity index (χ1) is 7.81. The highest BCUT2D eigenvalue weighted by molar-refractivity contribution is 5.47. The third-order valence-electron chi connectivity index (χ3n) is 2.06. The van der Waals surface area contributed by atoms with Gasteiger partial charge in [0.05, 0.1) is 6.61 Å².